The zero-order chi connectivity index (χ0) is 15.8. The van der Waals surface area contributed by atoms with E-state index in [0.717, 1.165) is 43.0 Å². The van der Waals surface area contributed by atoms with Gasteiger partial charge in [-0.05, 0) is 25.0 Å². The first kappa shape index (κ1) is 14.4. The number of aromatic nitrogens is 3. The van der Waals surface area contributed by atoms with Crippen LogP contribution < -0.4 is 0 Å². The second-order valence-corrected chi connectivity index (χ2v) is 6.24. The fourth-order valence-corrected chi connectivity index (χ4v) is 3.79. The molecule has 6 heteroatoms. The van der Waals surface area contributed by atoms with Crippen LogP contribution in [0.25, 0.3) is 0 Å². The molecule has 2 unspecified atom stereocenters. The lowest BCUT2D eigenvalue weighted by molar-refractivity contribution is 0.0664. The van der Waals surface area contributed by atoms with E-state index in [9.17, 15) is 4.79 Å². The minimum atomic E-state index is 0.130. The van der Waals surface area contributed by atoms with E-state index >= 15 is 0 Å². The summed E-state index contributed by atoms with van der Waals surface area (Å²) in [5, 5.41) is 8.55. The Morgan fingerprint density at radius 3 is 2.78 bits per heavy atom. The van der Waals surface area contributed by atoms with Crippen LogP contribution in [0, 0.1) is 0 Å². The quantitative estimate of drug-likeness (QED) is 0.865. The third-order valence-corrected chi connectivity index (χ3v) is 4.86. The van der Waals surface area contributed by atoms with Gasteiger partial charge in [0.15, 0.2) is 5.82 Å². The number of carbonyl (C=O) groups is 1. The van der Waals surface area contributed by atoms with Crippen LogP contribution >= 0.6 is 0 Å². The molecule has 1 saturated heterocycles. The monoisotopic (exact) mass is 312 g/mol. The van der Waals surface area contributed by atoms with Crippen LogP contribution in [0.2, 0.25) is 0 Å². The molecule has 1 fully saturated rings. The van der Waals surface area contributed by atoms with Crippen LogP contribution in [-0.2, 0) is 24.3 Å². The number of methoxy groups -OCH3 is 1. The summed E-state index contributed by atoms with van der Waals surface area (Å²) in [5.74, 6) is 1.95. The molecule has 0 saturated carbocycles. The Bertz CT molecular complexity index is 713. The van der Waals surface area contributed by atoms with Gasteiger partial charge < -0.3 is 14.2 Å². The van der Waals surface area contributed by atoms with E-state index in [1.807, 2.05) is 30.3 Å². The van der Waals surface area contributed by atoms with E-state index in [1.165, 1.54) is 0 Å². The Morgan fingerprint density at radius 2 is 2.00 bits per heavy atom. The summed E-state index contributed by atoms with van der Waals surface area (Å²) in [6.45, 7) is 1.22. The van der Waals surface area contributed by atoms with E-state index in [1.54, 1.807) is 7.11 Å². The normalized spacial score (nSPS) is 22.7. The largest absolute Gasteiger partial charge is 0.377 e. The van der Waals surface area contributed by atoms with E-state index < -0.39 is 0 Å². The van der Waals surface area contributed by atoms with Crippen molar-refractivity contribution in [2.24, 2.45) is 0 Å². The molecular formula is C17H20N4O2. The topological polar surface area (TPSA) is 60.3 Å². The lowest BCUT2D eigenvalue weighted by Crippen LogP contribution is -2.42. The van der Waals surface area contributed by atoms with Crippen molar-refractivity contribution in [3.8, 4) is 0 Å². The highest BCUT2D eigenvalue weighted by Crippen LogP contribution is 2.32. The highest BCUT2D eigenvalue weighted by molar-refractivity contribution is 5.94. The summed E-state index contributed by atoms with van der Waals surface area (Å²) < 4.78 is 7.35. The maximum Gasteiger partial charge on any atom is 0.254 e. The Balaban J connectivity index is 1.64. The van der Waals surface area contributed by atoms with Crippen molar-refractivity contribution in [3.05, 3.63) is 47.5 Å². The molecule has 23 heavy (non-hydrogen) atoms. The molecule has 6 nitrogen and oxygen atoms in total. The zero-order valence-electron chi connectivity index (χ0n) is 13.2. The number of benzene rings is 1. The van der Waals surface area contributed by atoms with Crippen LogP contribution in [0.5, 0.6) is 0 Å². The van der Waals surface area contributed by atoms with Gasteiger partial charge in [0.05, 0.1) is 6.04 Å². The molecule has 1 aromatic heterocycles. The van der Waals surface area contributed by atoms with Crippen LogP contribution in [0.3, 0.4) is 0 Å². The van der Waals surface area contributed by atoms with Crippen LogP contribution in [0.4, 0.5) is 0 Å². The molecule has 2 bridgehead atoms. The number of hydrogen-bond donors (Lipinski definition) is 0. The van der Waals surface area contributed by atoms with E-state index in [0.29, 0.717) is 6.61 Å². The summed E-state index contributed by atoms with van der Waals surface area (Å²) in [6.07, 6.45) is 2.84. The average molecular weight is 312 g/mol. The van der Waals surface area contributed by atoms with Gasteiger partial charge >= 0.3 is 0 Å². The molecule has 120 valence electrons. The number of nitrogens with zero attached hydrogens (tertiary/aromatic N) is 4. The van der Waals surface area contributed by atoms with Crippen LogP contribution in [0.15, 0.2) is 30.3 Å². The molecule has 0 aliphatic carbocycles. The van der Waals surface area contributed by atoms with Crippen molar-refractivity contribution in [2.45, 2.75) is 44.5 Å². The van der Waals surface area contributed by atoms with Crippen molar-refractivity contribution in [1.82, 2.24) is 19.7 Å². The van der Waals surface area contributed by atoms with E-state index in [4.69, 9.17) is 4.74 Å². The van der Waals surface area contributed by atoms with Gasteiger partial charge in [-0.2, -0.15) is 0 Å². The Kier molecular flexibility index (Phi) is 3.61. The molecule has 1 amide bonds. The number of ether oxygens (including phenoxy) is 1. The minimum absolute atomic E-state index is 0.130. The van der Waals surface area contributed by atoms with Gasteiger partial charge in [-0.15, -0.1) is 10.2 Å². The first-order valence-corrected chi connectivity index (χ1v) is 8.05. The number of rotatable bonds is 3. The molecule has 0 N–H and O–H groups in total. The van der Waals surface area contributed by atoms with Gasteiger partial charge in [-0.1, -0.05) is 18.2 Å². The van der Waals surface area contributed by atoms with Crippen molar-refractivity contribution in [3.63, 3.8) is 0 Å². The lowest BCUT2D eigenvalue weighted by atomic mass is 10.1. The second-order valence-electron chi connectivity index (χ2n) is 6.24. The SMILES string of the molecule is COCc1nnc2n1CC1CCC(C2)N1C(=O)c1ccccc1. The molecule has 2 atom stereocenters. The minimum Gasteiger partial charge on any atom is -0.377 e. The number of carbonyl (C=O) groups excluding carboxylic acids is 1. The summed E-state index contributed by atoms with van der Waals surface area (Å²) in [7, 11) is 1.66. The van der Waals surface area contributed by atoms with Gasteiger partial charge in [-0.3, -0.25) is 4.79 Å². The van der Waals surface area contributed by atoms with Gasteiger partial charge in [0.2, 0.25) is 0 Å². The standard InChI is InChI=1S/C17H20N4O2/c1-23-11-16-19-18-15-9-13-7-8-14(10-20(15)16)21(13)17(22)12-5-3-2-4-6-12/h2-6,13-14H,7-11H2,1H3. The predicted octanol–water partition coefficient (Wildman–Crippen LogP) is 1.65. The lowest BCUT2D eigenvalue weighted by Gasteiger charge is -2.28. The molecule has 0 spiro atoms. The van der Waals surface area contributed by atoms with Crippen molar-refractivity contribution in [2.75, 3.05) is 7.11 Å². The molecule has 2 aromatic rings. The highest BCUT2D eigenvalue weighted by atomic mass is 16.5. The van der Waals surface area contributed by atoms with Crippen LogP contribution in [0.1, 0.15) is 34.8 Å². The van der Waals surface area contributed by atoms with Crippen molar-refractivity contribution < 1.29 is 9.53 Å². The summed E-state index contributed by atoms with van der Waals surface area (Å²) in [5.41, 5.74) is 0.763. The first-order valence-electron chi connectivity index (χ1n) is 8.05. The van der Waals surface area contributed by atoms with Gasteiger partial charge in [-0.25, -0.2) is 0 Å². The van der Waals surface area contributed by atoms with Crippen molar-refractivity contribution >= 4 is 5.91 Å². The molecule has 1 aromatic carbocycles. The molecule has 4 rings (SSSR count). The van der Waals surface area contributed by atoms with Gasteiger partial charge in [0.1, 0.15) is 12.4 Å². The fraction of sp³-hybridized carbons (Fsp3) is 0.471. The third kappa shape index (κ3) is 2.43. The maximum absolute atomic E-state index is 13.0. The average Bonchev–Trinajstić information content (AvgIpc) is 3.08. The number of amides is 1. The summed E-state index contributed by atoms with van der Waals surface area (Å²) in [6, 6.07) is 9.98. The Hall–Kier alpha value is -2.21. The highest BCUT2D eigenvalue weighted by Gasteiger charge is 2.41. The molecule has 2 aliphatic rings. The smallest absolute Gasteiger partial charge is 0.254 e. The molecule has 3 heterocycles. The fourth-order valence-electron chi connectivity index (χ4n) is 3.79. The Labute approximate surface area is 135 Å². The molecule has 2 aliphatic heterocycles. The number of fused-ring (bicyclic) bond motifs is 3. The Morgan fingerprint density at radius 1 is 1.22 bits per heavy atom. The van der Waals surface area contributed by atoms with Crippen molar-refractivity contribution in [1.29, 1.82) is 0 Å². The van der Waals surface area contributed by atoms with E-state index in [-0.39, 0.29) is 18.0 Å². The van der Waals surface area contributed by atoms with E-state index in [2.05, 4.69) is 19.7 Å². The van der Waals surface area contributed by atoms with Gasteiger partial charge in [0.25, 0.3) is 5.91 Å². The molecular weight excluding hydrogens is 292 g/mol. The summed E-state index contributed by atoms with van der Waals surface area (Å²) >= 11 is 0. The third-order valence-electron chi connectivity index (χ3n) is 4.86. The summed E-state index contributed by atoms with van der Waals surface area (Å²) in [4.78, 5) is 15.0. The number of hydrogen-bond acceptors (Lipinski definition) is 4. The molecule has 0 radical (unpaired) electrons. The maximum atomic E-state index is 13.0. The predicted molar refractivity (Wildman–Crippen MR) is 83.9 cm³/mol. The van der Waals surface area contributed by atoms with Gasteiger partial charge in [0, 0.05) is 31.7 Å². The van der Waals surface area contributed by atoms with Crippen LogP contribution in [-0.4, -0.2) is 44.8 Å². The first-order chi connectivity index (χ1) is 11.3. The zero-order valence-corrected chi connectivity index (χ0v) is 13.2. The second kappa shape index (κ2) is 5.77.